The maximum absolute atomic E-state index is 13.5. The second-order valence-electron chi connectivity index (χ2n) is 19.2. The van der Waals surface area contributed by atoms with Gasteiger partial charge < -0.3 is 35.1 Å². The Morgan fingerprint density at radius 1 is 0.941 bits per heavy atom. The van der Waals surface area contributed by atoms with Crippen LogP contribution < -0.4 is 30.3 Å². The number of nitrogens with zero attached hydrogens (tertiary/aromatic N) is 9. The van der Waals surface area contributed by atoms with Crippen LogP contribution >= 0.6 is 11.6 Å². The minimum absolute atomic E-state index is 0.0586. The minimum Gasteiger partial charge on any atom is -0.491 e. The summed E-state index contributed by atoms with van der Waals surface area (Å²) in [7, 11) is 3.83. The highest BCUT2D eigenvalue weighted by Gasteiger charge is 2.64. The van der Waals surface area contributed by atoms with Crippen LogP contribution in [0.3, 0.4) is 0 Å². The number of benzene rings is 3. The fourth-order valence-electron chi connectivity index (χ4n) is 10.2. The van der Waals surface area contributed by atoms with Gasteiger partial charge >= 0.3 is 0 Å². The van der Waals surface area contributed by atoms with Crippen LogP contribution in [0.4, 0.5) is 17.3 Å². The lowest BCUT2D eigenvalue weighted by atomic mass is 9.49. The van der Waals surface area contributed by atoms with E-state index in [4.69, 9.17) is 30.9 Å². The molecule has 68 heavy (non-hydrogen) atoms. The fraction of sp³-hybridized carbons (Fsp3) is 0.420. The van der Waals surface area contributed by atoms with Crippen molar-refractivity contribution in [1.82, 2.24) is 39.7 Å². The number of halogens is 1. The number of amides is 2. The first kappa shape index (κ1) is 46.4. The standard InChI is InChI=1S/C50H57ClN12O5/c1-30-20-42(64)57-40-24-36(22-37(44(40)56-30)31-9-11-41-38(21-31)43(59-61(41)7)34-28-55-60(6)29-34)67-19-18-66-17-16-62-12-14-63(15-13-62)48-53-26-33(27-54-48)45(65)58-46-49(2,3)47(50(46,4)5)68-35-10-8-32(25-52)39(51)23-35/h8-11,21-24,26-30,46-47,56H,12-20H2,1-7H3,(H,57,64)(H,58,65). The molecule has 18 heteroatoms. The average Bonchev–Trinajstić information content (AvgIpc) is 3.86. The largest absolute Gasteiger partial charge is 0.491 e. The first-order valence-electron chi connectivity index (χ1n) is 23.0. The van der Waals surface area contributed by atoms with Gasteiger partial charge in [-0.25, -0.2) is 9.97 Å². The van der Waals surface area contributed by atoms with E-state index in [1.165, 1.54) is 0 Å². The summed E-state index contributed by atoms with van der Waals surface area (Å²) < 4.78 is 22.3. The summed E-state index contributed by atoms with van der Waals surface area (Å²) in [6, 6.07) is 17.1. The Hall–Kier alpha value is -6.74. The van der Waals surface area contributed by atoms with Crippen LogP contribution in [0.2, 0.25) is 5.02 Å². The number of aryl methyl sites for hydroxylation is 2. The molecule has 0 spiro atoms. The third-order valence-corrected chi connectivity index (χ3v) is 13.8. The number of nitriles is 1. The maximum atomic E-state index is 13.5. The van der Waals surface area contributed by atoms with Gasteiger partial charge in [0.25, 0.3) is 5.91 Å². The van der Waals surface area contributed by atoms with E-state index in [1.54, 1.807) is 35.3 Å². The normalized spacial score (nSPS) is 19.8. The lowest BCUT2D eigenvalue weighted by Gasteiger charge is -2.63. The summed E-state index contributed by atoms with van der Waals surface area (Å²) in [6.07, 6.45) is 7.09. The molecule has 1 unspecified atom stereocenters. The van der Waals surface area contributed by atoms with Crippen molar-refractivity contribution < 1.29 is 23.8 Å². The van der Waals surface area contributed by atoms with Gasteiger partial charge in [0, 0.05) is 123 Å². The topological polar surface area (TPSA) is 190 Å². The molecular weight excluding hydrogens is 884 g/mol. The third kappa shape index (κ3) is 9.28. The molecule has 3 aliphatic rings. The monoisotopic (exact) mass is 940 g/mol. The minimum atomic E-state index is -0.394. The zero-order valence-electron chi connectivity index (χ0n) is 39.5. The molecule has 0 radical (unpaired) electrons. The third-order valence-electron chi connectivity index (χ3n) is 13.4. The van der Waals surface area contributed by atoms with Gasteiger partial charge in [0.2, 0.25) is 11.9 Å². The number of carbonyl (C=O) groups is 2. The Kier molecular flexibility index (Phi) is 12.8. The van der Waals surface area contributed by atoms with E-state index in [9.17, 15) is 14.9 Å². The molecule has 3 aromatic heterocycles. The van der Waals surface area contributed by atoms with Crippen LogP contribution in [-0.4, -0.2) is 117 Å². The van der Waals surface area contributed by atoms with Crippen LogP contribution in [0.15, 0.2) is 73.3 Å². The predicted molar refractivity (Wildman–Crippen MR) is 261 cm³/mol. The molecule has 2 fully saturated rings. The molecule has 17 nitrogen and oxygen atoms in total. The highest BCUT2D eigenvalue weighted by molar-refractivity contribution is 6.31. The lowest BCUT2D eigenvalue weighted by Crippen LogP contribution is -2.74. The van der Waals surface area contributed by atoms with E-state index >= 15 is 0 Å². The quantitative estimate of drug-likeness (QED) is 0.0955. The van der Waals surface area contributed by atoms with Crippen LogP contribution in [0.25, 0.3) is 33.3 Å². The molecule has 3 aromatic carbocycles. The van der Waals surface area contributed by atoms with E-state index < -0.39 is 10.8 Å². The molecule has 6 aromatic rings. The lowest BCUT2D eigenvalue weighted by molar-refractivity contribution is -0.164. The van der Waals surface area contributed by atoms with Gasteiger partial charge in [-0.2, -0.15) is 15.5 Å². The number of aromatic nitrogens is 6. The summed E-state index contributed by atoms with van der Waals surface area (Å²) in [6.45, 7) is 15.5. The summed E-state index contributed by atoms with van der Waals surface area (Å²) in [4.78, 5) is 40.0. The van der Waals surface area contributed by atoms with Crippen LogP contribution in [-0.2, 0) is 23.6 Å². The molecular formula is C50H57ClN12O5. The van der Waals surface area contributed by atoms with Gasteiger partial charge in [0.15, 0.2) is 0 Å². The zero-order valence-corrected chi connectivity index (χ0v) is 40.2. The molecule has 354 valence electrons. The molecule has 9 rings (SSSR count). The summed E-state index contributed by atoms with van der Waals surface area (Å²) in [5.74, 6) is 1.50. The SMILES string of the molecule is CC1CC(=O)Nc2cc(OCCOCCN3CCN(c4ncc(C(=O)NC5C(C)(C)C(Oc6ccc(C#N)c(Cl)c6)C5(C)C)cn4)CC3)cc(-c3ccc4c(c3)c(-c3cnn(C)c3)nn4C)c2N1. The Balaban J connectivity index is 0.748. The molecule has 1 saturated heterocycles. The van der Waals surface area contributed by atoms with Crippen molar-refractivity contribution in [2.24, 2.45) is 24.9 Å². The van der Waals surface area contributed by atoms with Gasteiger partial charge in [-0.3, -0.25) is 23.9 Å². The molecule has 0 bridgehead atoms. The number of anilines is 3. The van der Waals surface area contributed by atoms with Gasteiger partial charge in [-0.15, -0.1) is 0 Å². The number of fused-ring (bicyclic) bond motifs is 2. The summed E-state index contributed by atoms with van der Waals surface area (Å²) in [5.41, 5.74) is 6.16. The van der Waals surface area contributed by atoms with Crippen molar-refractivity contribution in [1.29, 1.82) is 5.26 Å². The summed E-state index contributed by atoms with van der Waals surface area (Å²) >= 11 is 6.26. The van der Waals surface area contributed by atoms with Crippen molar-refractivity contribution in [3.8, 4) is 40.0 Å². The van der Waals surface area contributed by atoms with Crippen LogP contribution in [0.1, 0.15) is 57.0 Å². The molecule has 1 atom stereocenters. The Labute approximate surface area is 400 Å². The zero-order chi connectivity index (χ0) is 47.9. The molecule has 2 aliphatic heterocycles. The first-order chi connectivity index (χ1) is 32.6. The predicted octanol–water partition coefficient (Wildman–Crippen LogP) is 6.93. The number of rotatable bonds is 14. The number of nitrogens with one attached hydrogen (secondary N) is 3. The smallest absolute Gasteiger partial charge is 0.254 e. The van der Waals surface area contributed by atoms with Gasteiger partial charge in [-0.05, 0) is 42.8 Å². The second-order valence-corrected chi connectivity index (χ2v) is 19.6. The van der Waals surface area contributed by atoms with Crippen molar-refractivity contribution in [3.63, 3.8) is 0 Å². The molecule has 2 amide bonds. The fourth-order valence-corrected chi connectivity index (χ4v) is 10.5. The van der Waals surface area contributed by atoms with Crippen molar-refractivity contribution >= 4 is 51.6 Å². The number of hydrogen-bond acceptors (Lipinski definition) is 13. The Morgan fingerprint density at radius 3 is 2.41 bits per heavy atom. The summed E-state index contributed by atoms with van der Waals surface area (Å²) in [5, 5.41) is 29.6. The van der Waals surface area contributed by atoms with E-state index in [0.717, 1.165) is 71.7 Å². The van der Waals surface area contributed by atoms with Crippen molar-refractivity contribution in [2.45, 2.75) is 59.2 Å². The molecule has 1 aliphatic carbocycles. The number of carbonyl (C=O) groups excluding carboxylic acids is 2. The molecule has 5 heterocycles. The van der Waals surface area contributed by atoms with Gasteiger partial charge in [-0.1, -0.05) is 45.4 Å². The number of hydrogen-bond donors (Lipinski definition) is 3. The van der Waals surface area contributed by atoms with E-state index in [0.29, 0.717) is 65.5 Å². The first-order valence-corrected chi connectivity index (χ1v) is 23.3. The maximum Gasteiger partial charge on any atom is 0.254 e. The van der Waals surface area contributed by atoms with Crippen molar-refractivity contribution in [3.05, 3.63) is 89.5 Å². The van der Waals surface area contributed by atoms with E-state index in [1.807, 2.05) is 50.2 Å². The highest BCUT2D eigenvalue weighted by atomic mass is 35.5. The second kappa shape index (κ2) is 18.7. The van der Waals surface area contributed by atoms with Crippen molar-refractivity contribution in [2.75, 3.05) is 68.1 Å². The van der Waals surface area contributed by atoms with Crippen LogP contribution in [0, 0.1) is 22.2 Å². The number of piperazine rings is 1. The molecule has 1 saturated carbocycles. The number of ether oxygens (including phenoxy) is 3. The van der Waals surface area contributed by atoms with E-state index in [2.05, 4.69) is 92.8 Å². The Morgan fingerprint density at radius 2 is 1.71 bits per heavy atom. The van der Waals surface area contributed by atoms with Gasteiger partial charge in [0.1, 0.15) is 36.0 Å². The molecule has 3 N–H and O–H groups in total. The average molecular weight is 942 g/mol. The van der Waals surface area contributed by atoms with Crippen LogP contribution in [0.5, 0.6) is 11.5 Å². The van der Waals surface area contributed by atoms with Gasteiger partial charge in [0.05, 0.1) is 52.5 Å². The highest BCUT2D eigenvalue weighted by Crippen LogP contribution is 2.55. The van der Waals surface area contributed by atoms with E-state index in [-0.39, 0.29) is 30.0 Å². The Bertz CT molecular complexity index is 2880.